The van der Waals surface area contributed by atoms with Gasteiger partial charge in [0.1, 0.15) is 10.0 Å². The zero-order chi connectivity index (χ0) is 23.9. The van der Waals surface area contributed by atoms with E-state index in [-0.39, 0.29) is 36.8 Å². The third-order valence-electron chi connectivity index (χ3n) is 7.08. The molecule has 1 aromatic carbocycles. The summed E-state index contributed by atoms with van der Waals surface area (Å²) in [6.07, 6.45) is 1.54. The molecule has 9 heteroatoms. The normalized spacial score (nSPS) is 22.5. The van der Waals surface area contributed by atoms with Gasteiger partial charge >= 0.3 is 6.18 Å². The summed E-state index contributed by atoms with van der Waals surface area (Å²) in [5, 5.41) is 12.1. The van der Waals surface area contributed by atoms with Crippen LogP contribution in [0.3, 0.4) is 0 Å². The van der Waals surface area contributed by atoms with Gasteiger partial charge in [0, 0.05) is 35.7 Å². The minimum Gasteiger partial charge on any atom is -0.336 e. The number of aromatic nitrogens is 3. The largest absolute Gasteiger partial charge is 0.389 e. The number of piperidine rings is 1. The molecule has 4 heterocycles. The lowest BCUT2D eigenvalue weighted by Crippen LogP contribution is -2.47. The molecule has 0 N–H and O–H groups in total. The Morgan fingerprint density at radius 3 is 2.56 bits per heavy atom. The Morgan fingerprint density at radius 2 is 1.88 bits per heavy atom. The topological polar surface area (TPSA) is 59.0 Å². The van der Waals surface area contributed by atoms with Crippen LogP contribution in [0, 0.1) is 12.8 Å². The Labute approximate surface area is 200 Å². The summed E-state index contributed by atoms with van der Waals surface area (Å²) in [6.45, 7) is 1.92. The fraction of sp³-hybridized carbons (Fsp3) is 0.520. The van der Waals surface area contributed by atoms with Crippen molar-refractivity contribution in [1.82, 2.24) is 20.1 Å². The van der Waals surface area contributed by atoms with Gasteiger partial charge in [-0.15, -0.1) is 10.2 Å². The molecule has 2 bridgehead atoms. The number of hydrogen-bond acceptors (Lipinski definition) is 5. The Kier molecular flexibility index (Phi) is 6.31. The third-order valence-corrected chi connectivity index (χ3v) is 7.96. The molecule has 3 aromatic rings. The van der Waals surface area contributed by atoms with E-state index in [2.05, 4.69) is 21.2 Å². The van der Waals surface area contributed by atoms with Crippen molar-refractivity contribution in [3.05, 3.63) is 41.2 Å². The maximum atomic E-state index is 13.2. The monoisotopic (exact) mass is 488 g/mol. The van der Waals surface area contributed by atoms with Crippen LogP contribution in [0.15, 0.2) is 30.5 Å². The lowest BCUT2D eigenvalue weighted by Gasteiger charge is -2.39. The number of alkyl halides is 3. The van der Waals surface area contributed by atoms with Crippen LogP contribution < -0.4 is 0 Å². The lowest BCUT2D eigenvalue weighted by molar-refractivity contribution is -0.137. The predicted molar refractivity (Wildman–Crippen MR) is 125 cm³/mol. The second-order valence-electron chi connectivity index (χ2n) is 9.57. The quantitative estimate of drug-likeness (QED) is 0.420. The van der Waals surface area contributed by atoms with Crippen molar-refractivity contribution >= 4 is 28.0 Å². The van der Waals surface area contributed by atoms with Gasteiger partial charge in [-0.3, -0.25) is 9.78 Å². The van der Waals surface area contributed by atoms with Gasteiger partial charge in [0.25, 0.3) is 0 Å². The van der Waals surface area contributed by atoms with Crippen molar-refractivity contribution in [1.29, 1.82) is 0 Å². The van der Waals surface area contributed by atoms with Gasteiger partial charge in [0.15, 0.2) is 0 Å². The van der Waals surface area contributed by atoms with Gasteiger partial charge in [0.2, 0.25) is 5.91 Å². The van der Waals surface area contributed by atoms with E-state index < -0.39 is 12.6 Å². The molecule has 1 amide bonds. The number of pyridine rings is 1. The van der Waals surface area contributed by atoms with Crippen LogP contribution >= 0.6 is 11.3 Å². The molecule has 2 aromatic heterocycles. The zero-order valence-electron chi connectivity index (χ0n) is 19.0. The van der Waals surface area contributed by atoms with Crippen LogP contribution in [0.25, 0.3) is 21.3 Å². The molecule has 2 aliphatic heterocycles. The van der Waals surface area contributed by atoms with Gasteiger partial charge in [-0.25, -0.2) is 0 Å². The summed E-state index contributed by atoms with van der Waals surface area (Å²) < 4.78 is 37.5. The number of rotatable bonds is 6. The van der Waals surface area contributed by atoms with Gasteiger partial charge in [-0.05, 0) is 68.9 Å². The molecule has 0 radical (unpaired) electrons. The molecule has 5 nitrogen and oxygen atoms in total. The third kappa shape index (κ3) is 5.09. The van der Waals surface area contributed by atoms with E-state index in [9.17, 15) is 18.0 Å². The number of carbonyl (C=O) groups is 1. The Morgan fingerprint density at radius 1 is 1.12 bits per heavy atom. The fourth-order valence-electron chi connectivity index (χ4n) is 5.60. The first-order valence-electron chi connectivity index (χ1n) is 11.8. The van der Waals surface area contributed by atoms with E-state index in [1.165, 1.54) is 0 Å². The standard InChI is InChI=1S/C25H27F3N4OS/c1-15-30-31-24(34-15)17-4-5-18-14-29-20(12-19(18)11-17)13-23(33)32-21-6-7-22(32)10-16(9-21)3-2-8-25(26,27)28/h4-5,11-12,14,16,21-22H,2-3,6-10,13H2,1H3/t16?,21-,22+. The molecule has 34 heavy (non-hydrogen) atoms. The second-order valence-corrected chi connectivity index (χ2v) is 10.8. The molecule has 0 aliphatic carbocycles. The van der Waals surface area contributed by atoms with Crippen molar-refractivity contribution in [3.8, 4) is 10.6 Å². The first kappa shape index (κ1) is 23.2. The molecular formula is C25H27F3N4OS. The maximum Gasteiger partial charge on any atom is 0.389 e. The van der Waals surface area contributed by atoms with E-state index in [4.69, 9.17) is 0 Å². The van der Waals surface area contributed by atoms with Crippen molar-refractivity contribution in [3.63, 3.8) is 0 Å². The zero-order valence-corrected chi connectivity index (χ0v) is 19.8. The number of nitrogens with zero attached hydrogens (tertiary/aromatic N) is 4. The molecule has 2 fully saturated rings. The van der Waals surface area contributed by atoms with Gasteiger partial charge in [0.05, 0.1) is 12.1 Å². The van der Waals surface area contributed by atoms with E-state index in [1.807, 2.05) is 30.0 Å². The highest BCUT2D eigenvalue weighted by Gasteiger charge is 2.43. The van der Waals surface area contributed by atoms with Crippen molar-refractivity contribution in [2.45, 2.75) is 76.6 Å². The SMILES string of the molecule is Cc1nnc(-c2ccc3cnc(CC(=O)N4[C@@H]5CC[C@H]4CC(CCCC(F)(F)F)C5)cc3c2)s1. The van der Waals surface area contributed by atoms with Crippen LogP contribution in [-0.2, 0) is 11.2 Å². The Balaban J connectivity index is 1.25. The first-order chi connectivity index (χ1) is 16.2. The summed E-state index contributed by atoms with van der Waals surface area (Å²) in [6, 6.07) is 8.33. The van der Waals surface area contributed by atoms with E-state index >= 15 is 0 Å². The number of carbonyl (C=O) groups excluding carboxylic acids is 1. The summed E-state index contributed by atoms with van der Waals surface area (Å²) in [7, 11) is 0. The maximum absolute atomic E-state index is 13.2. The van der Waals surface area contributed by atoms with Crippen LogP contribution in [0.2, 0.25) is 0 Å². The van der Waals surface area contributed by atoms with Crippen LogP contribution in [0.1, 0.15) is 55.6 Å². The number of hydrogen-bond donors (Lipinski definition) is 0. The van der Waals surface area contributed by atoms with E-state index in [1.54, 1.807) is 17.5 Å². The molecule has 1 unspecified atom stereocenters. The Hall–Kier alpha value is -2.55. The van der Waals surface area contributed by atoms with Gasteiger partial charge < -0.3 is 4.90 Å². The van der Waals surface area contributed by atoms with E-state index in [0.717, 1.165) is 57.7 Å². The van der Waals surface area contributed by atoms with Crippen molar-refractivity contribution in [2.24, 2.45) is 5.92 Å². The second kappa shape index (κ2) is 9.24. The molecule has 180 valence electrons. The minimum atomic E-state index is -4.08. The van der Waals surface area contributed by atoms with Crippen molar-refractivity contribution < 1.29 is 18.0 Å². The highest BCUT2D eigenvalue weighted by molar-refractivity contribution is 7.14. The average molecular weight is 489 g/mol. The molecule has 0 saturated carbocycles. The molecule has 0 spiro atoms. The highest BCUT2D eigenvalue weighted by atomic mass is 32.1. The van der Waals surface area contributed by atoms with E-state index in [0.29, 0.717) is 6.42 Å². The van der Waals surface area contributed by atoms with Crippen molar-refractivity contribution in [2.75, 3.05) is 0 Å². The number of fused-ring (bicyclic) bond motifs is 3. The van der Waals surface area contributed by atoms with Crippen LogP contribution in [0.4, 0.5) is 13.2 Å². The first-order valence-corrected chi connectivity index (χ1v) is 12.6. The number of aryl methyl sites for hydroxylation is 1. The van der Waals surface area contributed by atoms with Gasteiger partial charge in [-0.2, -0.15) is 13.2 Å². The van der Waals surface area contributed by atoms with Gasteiger partial charge in [-0.1, -0.05) is 23.5 Å². The molecular weight excluding hydrogens is 461 g/mol. The highest BCUT2D eigenvalue weighted by Crippen LogP contribution is 2.41. The molecule has 3 atom stereocenters. The summed E-state index contributed by atoms with van der Waals surface area (Å²) in [5.74, 6) is 0.356. The summed E-state index contributed by atoms with van der Waals surface area (Å²) in [5.41, 5.74) is 1.72. The summed E-state index contributed by atoms with van der Waals surface area (Å²) in [4.78, 5) is 19.8. The molecule has 2 aliphatic rings. The summed E-state index contributed by atoms with van der Waals surface area (Å²) >= 11 is 1.54. The number of amides is 1. The number of halogens is 3. The fourth-order valence-corrected chi connectivity index (χ4v) is 6.29. The number of benzene rings is 1. The lowest BCUT2D eigenvalue weighted by atomic mass is 9.86. The minimum absolute atomic E-state index is 0.0731. The molecule has 2 saturated heterocycles. The van der Waals surface area contributed by atoms with Crippen LogP contribution in [0.5, 0.6) is 0 Å². The predicted octanol–water partition coefficient (Wildman–Crippen LogP) is 6.11. The smallest absolute Gasteiger partial charge is 0.336 e. The Bertz CT molecular complexity index is 1180. The average Bonchev–Trinajstić information content (AvgIpc) is 3.33. The molecule has 5 rings (SSSR count). The van der Waals surface area contributed by atoms with Crippen LogP contribution in [-0.4, -0.2) is 44.2 Å².